The van der Waals surface area contributed by atoms with E-state index in [0.717, 1.165) is 5.56 Å². The van der Waals surface area contributed by atoms with Crippen molar-refractivity contribution in [2.45, 2.75) is 6.42 Å². The standard InChI is InChI=1S/C17H15N5O3S/c1-25-15-8-7-13(9-14(15)22(23)24)11-18-21-16(19-20-17(21)26)10-12-5-3-2-4-6-12/h2-9,11H,10H2,1H3,(H,20,26)/b18-11-. The summed E-state index contributed by atoms with van der Waals surface area (Å²) in [6.07, 6.45) is 2.04. The Kier molecular flexibility index (Phi) is 5.18. The third-order valence-corrected chi connectivity index (χ3v) is 3.91. The highest BCUT2D eigenvalue weighted by Gasteiger charge is 2.14. The molecule has 0 saturated heterocycles. The predicted molar refractivity (Wildman–Crippen MR) is 99.3 cm³/mol. The summed E-state index contributed by atoms with van der Waals surface area (Å²) in [6.45, 7) is 0. The van der Waals surface area contributed by atoms with Crippen molar-refractivity contribution >= 4 is 24.1 Å². The summed E-state index contributed by atoms with van der Waals surface area (Å²) in [5.41, 5.74) is 1.49. The molecule has 2 aromatic carbocycles. The van der Waals surface area contributed by atoms with Crippen LogP contribution in [0.3, 0.4) is 0 Å². The molecule has 0 fully saturated rings. The van der Waals surface area contributed by atoms with Crippen molar-refractivity contribution in [3.05, 3.63) is 80.4 Å². The predicted octanol–water partition coefficient (Wildman–Crippen LogP) is 3.33. The molecule has 1 N–H and O–H groups in total. The van der Waals surface area contributed by atoms with Gasteiger partial charge in [-0.2, -0.15) is 14.9 Å². The summed E-state index contributed by atoms with van der Waals surface area (Å²) >= 11 is 5.21. The van der Waals surface area contributed by atoms with Crippen LogP contribution in [0.1, 0.15) is 17.0 Å². The fraction of sp³-hybridized carbons (Fsp3) is 0.118. The second-order valence-electron chi connectivity index (χ2n) is 5.35. The maximum Gasteiger partial charge on any atom is 0.311 e. The Bertz CT molecular complexity index is 1010. The smallest absolute Gasteiger partial charge is 0.311 e. The fourth-order valence-electron chi connectivity index (χ4n) is 2.39. The minimum Gasteiger partial charge on any atom is -0.490 e. The first-order valence-electron chi connectivity index (χ1n) is 7.65. The molecule has 0 aliphatic heterocycles. The summed E-state index contributed by atoms with van der Waals surface area (Å²) in [7, 11) is 1.39. The van der Waals surface area contributed by atoms with Gasteiger partial charge in [0, 0.05) is 18.1 Å². The first-order chi connectivity index (χ1) is 12.6. The maximum atomic E-state index is 11.1. The number of hydrogen-bond donors (Lipinski definition) is 1. The van der Waals surface area contributed by atoms with Gasteiger partial charge in [-0.1, -0.05) is 30.3 Å². The molecule has 0 saturated carbocycles. The maximum absolute atomic E-state index is 11.1. The van der Waals surface area contributed by atoms with Crippen molar-refractivity contribution in [3.8, 4) is 5.75 Å². The third kappa shape index (κ3) is 3.83. The van der Waals surface area contributed by atoms with Gasteiger partial charge < -0.3 is 4.74 Å². The Balaban J connectivity index is 1.90. The molecular formula is C17H15N5O3S. The minimum absolute atomic E-state index is 0.128. The van der Waals surface area contributed by atoms with Gasteiger partial charge in [-0.25, -0.2) is 0 Å². The number of nitrogens with zero attached hydrogens (tertiary/aromatic N) is 4. The molecule has 0 atom stereocenters. The molecule has 3 rings (SSSR count). The van der Waals surface area contributed by atoms with Crippen molar-refractivity contribution in [1.82, 2.24) is 14.9 Å². The number of aromatic amines is 1. The van der Waals surface area contributed by atoms with E-state index in [2.05, 4.69) is 15.3 Å². The molecule has 8 nitrogen and oxygen atoms in total. The first-order valence-corrected chi connectivity index (χ1v) is 8.06. The van der Waals surface area contributed by atoms with Crippen LogP contribution in [0.4, 0.5) is 5.69 Å². The Morgan fingerprint density at radius 1 is 1.35 bits per heavy atom. The quantitative estimate of drug-likeness (QED) is 0.311. The lowest BCUT2D eigenvalue weighted by molar-refractivity contribution is -0.385. The summed E-state index contributed by atoms with van der Waals surface area (Å²) in [5, 5.41) is 22.4. The van der Waals surface area contributed by atoms with Crippen molar-refractivity contribution in [3.63, 3.8) is 0 Å². The van der Waals surface area contributed by atoms with Crippen molar-refractivity contribution in [2.24, 2.45) is 5.10 Å². The summed E-state index contributed by atoms with van der Waals surface area (Å²) < 4.78 is 6.83. The molecule has 132 valence electrons. The first kappa shape index (κ1) is 17.5. The summed E-state index contributed by atoms with van der Waals surface area (Å²) in [5.74, 6) is 0.831. The molecule has 1 aromatic heterocycles. The second kappa shape index (κ2) is 7.70. The van der Waals surface area contributed by atoms with Gasteiger partial charge in [0.25, 0.3) is 0 Å². The van der Waals surface area contributed by atoms with Crippen LogP contribution in [0.5, 0.6) is 5.75 Å². The van der Waals surface area contributed by atoms with Gasteiger partial charge in [0.1, 0.15) is 0 Å². The van der Waals surface area contributed by atoms with E-state index in [0.29, 0.717) is 22.6 Å². The number of benzene rings is 2. The SMILES string of the molecule is COc1ccc(/C=N\n2c(Cc3ccccc3)n[nH]c2=S)cc1[N+](=O)[O-]. The normalized spacial score (nSPS) is 11.0. The molecule has 3 aromatic rings. The van der Waals surface area contributed by atoms with Crippen molar-refractivity contribution in [1.29, 1.82) is 0 Å². The van der Waals surface area contributed by atoms with Crippen LogP contribution < -0.4 is 4.74 Å². The Morgan fingerprint density at radius 3 is 2.81 bits per heavy atom. The lowest BCUT2D eigenvalue weighted by Gasteiger charge is -2.03. The number of hydrogen-bond acceptors (Lipinski definition) is 6. The fourth-order valence-corrected chi connectivity index (χ4v) is 2.59. The molecule has 0 unspecified atom stereocenters. The topological polar surface area (TPSA) is 98.3 Å². The number of ether oxygens (including phenoxy) is 1. The molecule has 0 aliphatic rings. The lowest BCUT2D eigenvalue weighted by Crippen LogP contribution is -2.01. The zero-order chi connectivity index (χ0) is 18.5. The average molecular weight is 369 g/mol. The van der Waals surface area contributed by atoms with Crippen molar-refractivity contribution in [2.75, 3.05) is 7.11 Å². The van der Waals surface area contributed by atoms with Crippen LogP contribution >= 0.6 is 12.2 Å². The van der Waals surface area contributed by atoms with Crippen LogP contribution in [0.15, 0.2) is 53.6 Å². The molecule has 0 amide bonds. The van der Waals surface area contributed by atoms with Gasteiger partial charge in [0.05, 0.1) is 18.2 Å². The Morgan fingerprint density at radius 2 is 2.12 bits per heavy atom. The van der Waals surface area contributed by atoms with E-state index >= 15 is 0 Å². The van der Waals surface area contributed by atoms with Gasteiger partial charge in [-0.3, -0.25) is 15.2 Å². The van der Waals surface area contributed by atoms with E-state index in [4.69, 9.17) is 17.0 Å². The van der Waals surface area contributed by atoms with Crippen LogP contribution in [-0.2, 0) is 6.42 Å². The largest absolute Gasteiger partial charge is 0.490 e. The highest BCUT2D eigenvalue weighted by atomic mass is 32.1. The molecule has 0 bridgehead atoms. The molecule has 0 radical (unpaired) electrons. The average Bonchev–Trinajstić information content (AvgIpc) is 3.00. The van der Waals surface area contributed by atoms with Gasteiger partial charge >= 0.3 is 5.69 Å². The van der Waals surface area contributed by atoms with Crippen LogP contribution in [0, 0.1) is 14.9 Å². The van der Waals surface area contributed by atoms with E-state index in [-0.39, 0.29) is 11.4 Å². The molecule has 1 heterocycles. The summed E-state index contributed by atoms with van der Waals surface area (Å²) in [6, 6.07) is 14.4. The van der Waals surface area contributed by atoms with E-state index in [1.54, 1.807) is 6.07 Å². The van der Waals surface area contributed by atoms with E-state index in [1.165, 1.54) is 30.1 Å². The second-order valence-corrected chi connectivity index (χ2v) is 5.74. The summed E-state index contributed by atoms with van der Waals surface area (Å²) in [4.78, 5) is 10.6. The van der Waals surface area contributed by atoms with Gasteiger partial charge in [0.15, 0.2) is 11.6 Å². The zero-order valence-electron chi connectivity index (χ0n) is 13.8. The highest BCUT2D eigenvalue weighted by Crippen LogP contribution is 2.26. The third-order valence-electron chi connectivity index (χ3n) is 3.64. The number of nitro benzene ring substituents is 1. The number of aromatic nitrogens is 3. The minimum atomic E-state index is -0.499. The monoisotopic (exact) mass is 369 g/mol. The van der Waals surface area contributed by atoms with Crippen LogP contribution in [-0.4, -0.2) is 33.1 Å². The van der Waals surface area contributed by atoms with Crippen molar-refractivity contribution < 1.29 is 9.66 Å². The zero-order valence-corrected chi connectivity index (χ0v) is 14.6. The number of rotatable bonds is 6. The molecule has 0 spiro atoms. The van der Waals surface area contributed by atoms with Gasteiger partial charge in [-0.05, 0) is 29.9 Å². The van der Waals surface area contributed by atoms with E-state index < -0.39 is 4.92 Å². The molecular weight excluding hydrogens is 354 g/mol. The molecule has 9 heteroatoms. The Labute approximate surface area is 153 Å². The highest BCUT2D eigenvalue weighted by molar-refractivity contribution is 7.71. The number of methoxy groups -OCH3 is 1. The van der Waals surface area contributed by atoms with E-state index in [9.17, 15) is 10.1 Å². The Hall–Kier alpha value is -3.33. The number of nitro groups is 1. The molecule has 0 aliphatic carbocycles. The van der Waals surface area contributed by atoms with Gasteiger partial charge in [0.2, 0.25) is 4.77 Å². The van der Waals surface area contributed by atoms with Crippen LogP contribution in [0.25, 0.3) is 0 Å². The lowest BCUT2D eigenvalue weighted by atomic mass is 10.1. The van der Waals surface area contributed by atoms with E-state index in [1.807, 2.05) is 30.3 Å². The number of nitrogens with one attached hydrogen (secondary N) is 1. The van der Waals surface area contributed by atoms with Crippen LogP contribution in [0.2, 0.25) is 0 Å². The van der Waals surface area contributed by atoms with Gasteiger partial charge in [-0.15, -0.1) is 0 Å². The number of H-pyrrole nitrogens is 1. The molecule has 26 heavy (non-hydrogen) atoms.